The summed E-state index contributed by atoms with van der Waals surface area (Å²) in [6.45, 7) is 0. The van der Waals surface area contributed by atoms with Gasteiger partial charge in [0, 0.05) is 0 Å². The van der Waals surface area contributed by atoms with Crippen molar-refractivity contribution in [2.24, 2.45) is 0 Å². The van der Waals surface area contributed by atoms with Crippen molar-refractivity contribution in [1.29, 1.82) is 5.26 Å². The van der Waals surface area contributed by atoms with E-state index in [1.165, 1.54) is 29.2 Å². The van der Waals surface area contributed by atoms with Crippen LogP contribution in [0.2, 0.25) is 0 Å². The monoisotopic (exact) mass is 198 g/mol. The highest BCUT2D eigenvalue weighted by Gasteiger charge is 2.11. The first-order chi connectivity index (χ1) is 6.10. The van der Waals surface area contributed by atoms with Crippen molar-refractivity contribution in [3.63, 3.8) is 0 Å². The number of rotatable bonds is 2. The van der Waals surface area contributed by atoms with Crippen molar-refractivity contribution in [3.8, 4) is 6.07 Å². The number of nitriles is 1. The molecule has 68 valence electrons. The Hall–Kier alpha value is -1.42. The summed E-state index contributed by atoms with van der Waals surface area (Å²) in [6, 6.07) is 7.02. The third kappa shape index (κ3) is 2.03. The molecule has 1 aromatic rings. The van der Waals surface area contributed by atoms with E-state index in [-0.39, 0.29) is 4.90 Å². The number of nitrogens with zero attached hydrogens (tertiary/aromatic N) is 1. The summed E-state index contributed by atoms with van der Waals surface area (Å²) in [7, 11) is -3.83. The Kier molecular flexibility index (Phi) is 2.63. The quantitative estimate of drug-likeness (QED) is 0.665. The van der Waals surface area contributed by atoms with Gasteiger partial charge in [-0.15, -0.1) is 0 Å². The molecule has 6 heteroatoms. The summed E-state index contributed by atoms with van der Waals surface area (Å²) in [5.74, 6) is 0. The number of hydrogen-bond donors (Lipinski definition) is 2. The summed E-state index contributed by atoms with van der Waals surface area (Å²) in [6.07, 6.45) is 0. The molecule has 0 amide bonds. The molecule has 0 atom stereocenters. The average molecular weight is 198 g/mol. The highest BCUT2D eigenvalue weighted by molar-refractivity contribution is 7.89. The van der Waals surface area contributed by atoms with Gasteiger partial charge in [-0.3, -0.25) is 0 Å². The molecule has 0 spiro atoms. The first kappa shape index (κ1) is 9.67. The zero-order chi connectivity index (χ0) is 9.90. The van der Waals surface area contributed by atoms with Gasteiger partial charge in [0.15, 0.2) is 0 Å². The van der Waals surface area contributed by atoms with E-state index in [1.807, 2.05) is 6.07 Å². The molecule has 0 aromatic heterocycles. The standard InChI is InChI=1S/C7H6N2O3S/c8-5-6-1-3-7(4-2-6)13(11,12)9-10/h1-4,9-10H. The molecule has 0 heterocycles. The Bertz CT molecular complexity index is 430. The molecule has 0 saturated carbocycles. The highest BCUT2D eigenvalue weighted by Crippen LogP contribution is 2.08. The van der Waals surface area contributed by atoms with Crippen molar-refractivity contribution in [1.82, 2.24) is 4.89 Å². The number of benzene rings is 1. The largest absolute Gasteiger partial charge is 0.302 e. The minimum atomic E-state index is -3.83. The van der Waals surface area contributed by atoms with Crippen LogP contribution >= 0.6 is 0 Å². The van der Waals surface area contributed by atoms with Crippen LogP contribution in [-0.4, -0.2) is 13.6 Å². The van der Waals surface area contributed by atoms with Crippen LogP contribution in [0, 0.1) is 11.3 Å². The van der Waals surface area contributed by atoms with E-state index in [9.17, 15) is 8.42 Å². The Morgan fingerprint density at radius 3 is 2.23 bits per heavy atom. The first-order valence-corrected chi connectivity index (χ1v) is 4.74. The first-order valence-electron chi connectivity index (χ1n) is 3.26. The number of nitrogens with one attached hydrogen (secondary N) is 1. The van der Waals surface area contributed by atoms with Crippen LogP contribution in [0.1, 0.15) is 5.56 Å². The molecule has 5 nitrogen and oxygen atoms in total. The second-order valence-electron chi connectivity index (χ2n) is 2.23. The fourth-order valence-electron chi connectivity index (χ4n) is 0.761. The smallest absolute Gasteiger partial charge is 0.262 e. The molecular formula is C7H6N2O3S. The highest BCUT2D eigenvalue weighted by atomic mass is 32.2. The molecule has 13 heavy (non-hydrogen) atoms. The molecule has 0 fully saturated rings. The van der Waals surface area contributed by atoms with Crippen LogP contribution in [0.4, 0.5) is 0 Å². The van der Waals surface area contributed by atoms with E-state index in [0.717, 1.165) is 0 Å². The lowest BCUT2D eigenvalue weighted by Crippen LogP contribution is -2.19. The predicted octanol–water partition coefficient (Wildman–Crippen LogP) is 0.226. The zero-order valence-electron chi connectivity index (χ0n) is 6.43. The molecule has 2 N–H and O–H groups in total. The topological polar surface area (TPSA) is 90.2 Å². The van der Waals surface area contributed by atoms with Crippen LogP contribution < -0.4 is 4.89 Å². The van der Waals surface area contributed by atoms with Gasteiger partial charge in [0.2, 0.25) is 0 Å². The van der Waals surface area contributed by atoms with Crippen LogP contribution in [0.25, 0.3) is 0 Å². The van der Waals surface area contributed by atoms with Crippen LogP contribution in [0.3, 0.4) is 0 Å². The van der Waals surface area contributed by atoms with Gasteiger partial charge >= 0.3 is 0 Å². The van der Waals surface area contributed by atoms with Gasteiger partial charge in [0.25, 0.3) is 10.0 Å². The second kappa shape index (κ2) is 3.53. The van der Waals surface area contributed by atoms with Crippen molar-refractivity contribution in [2.75, 3.05) is 0 Å². The van der Waals surface area contributed by atoms with Crippen molar-refractivity contribution >= 4 is 10.0 Å². The van der Waals surface area contributed by atoms with Gasteiger partial charge in [0.1, 0.15) is 0 Å². The van der Waals surface area contributed by atoms with Crippen molar-refractivity contribution in [3.05, 3.63) is 29.8 Å². The predicted molar refractivity (Wildman–Crippen MR) is 43.3 cm³/mol. The van der Waals surface area contributed by atoms with Gasteiger partial charge in [-0.05, 0) is 24.3 Å². The molecule has 0 aliphatic rings. The Morgan fingerprint density at radius 2 is 1.85 bits per heavy atom. The summed E-state index contributed by atoms with van der Waals surface area (Å²) >= 11 is 0. The van der Waals surface area contributed by atoms with E-state index in [2.05, 4.69) is 0 Å². The Labute approximate surface area is 75.2 Å². The molecule has 0 bridgehead atoms. The normalized spacial score (nSPS) is 10.8. The summed E-state index contributed by atoms with van der Waals surface area (Å²) in [5.41, 5.74) is 0.358. The van der Waals surface area contributed by atoms with Gasteiger partial charge in [0.05, 0.1) is 16.5 Å². The maximum Gasteiger partial charge on any atom is 0.262 e. The van der Waals surface area contributed by atoms with E-state index in [1.54, 1.807) is 0 Å². The summed E-state index contributed by atoms with van der Waals surface area (Å²) in [4.78, 5) is 1.10. The lowest BCUT2D eigenvalue weighted by atomic mass is 10.2. The summed E-state index contributed by atoms with van der Waals surface area (Å²) in [5, 5.41) is 16.7. The van der Waals surface area contributed by atoms with Gasteiger partial charge < -0.3 is 5.21 Å². The summed E-state index contributed by atoms with van der Waals surface area (Å²) < 4.78 is 21.9. The number of sulfonamides is 1. The number of hydrogen-bond acceptors (Lipinski definition) is 4. The van der Waals surface area contributed by atoms with Crippen LogP contribution in [0.15, 0.2) is 29.2 Å². The molecule has 0 aliphatic heterocycles. The molecule has 0 unspecified atom stereocenters. The third-order valence-electron chi connectivity index (χ3n) is 1.41. The average Bonchev–Trinajstić information content (AvgIpc) is 2.18. The molecule has 1 aromatic carbocycles. The maximum atomic E-state index is 11.0. The molecule has 1 rings (SSSR count). The molecule has 0 aliphatic carbocycles. The van der Waals surface area contributed by atoms with E-state index in [0.29, 0.717) is 5.56 Å². The van der Waals surface area contributed by atoms with E-state index < -0.39 is 10.0 Å². The van der Waals surface area contributed by atoms with Crippen LogP contribution in [0.5, 0.6) is 0 Å². The second-order valence-corrected chi connectivity index (χ2v) is 3.89. The van der Waals surface area contributed by atoms with Crippen LogP contribution in [-0.2, 0) is 10.0 Å². The van der Waals surface area contributed by atoms with Gasteiger partial charge in [-0.1, -0.05) is 4.89 Å². The minimum Gasteiger partial charge on any atom is -0.302 e. The third-order valence-corrected chi connectivity index (χ3v) is 2.55. The minimum absolute atomic E-state index is 0.0889. The Morgan fingerprint density at radius 1 is 1.31 bits per heavy atom. The molecule has 0 saturated heterocycles. The van der Waals surface area contributed by atoms with Gasteiger partial charge in [-0.25, -0.2) is 8.42 Å². The van der Waals surface area contributed by atoms with E-state index >= 15 is 0 Å². The lowest BCUT2D eigenvalue weighted by molar-refractivity contribution is 0.242. The lowest BCUT2D eigenvalue weighted by Gasteiger charge is -1.99. The fraction of sp³-hybridized carbons (Fsp3) is 0. The Balaban J connectivity index is 3.15. The van der Waals surface area contributed by atoms with E-state index in [4.69, 9.17) is 10.5 Å². The zero-order valence-corrected chi connectivity index (χ0v) is 7.25. The van der Waals surface area contributed by atoms with Gasteiger partial charge in [-0.2, -0.15) is 5.26 Å². The molecule has 0 radical (unpaired) electrons. The van der Waals surface area contributed by atoms with Crippen molar-refractivity contribution in [2.45, 2.75) is 4.90 Å². The fourth-order valence-corrected chi connectivity index (χ4v) is 1.36. The SMILES string of the molecule is N#Cc1ccc(S(=O)(=O)NO)cc1. The molecular weight excluding hydrogens is 192 g/mol. The van der Waals surface area contributed by atoms with Crippen molar-refractivity contribution < 1.29 is 13.6 Å². The maximum absolute atomic E-state index is 11.0.